The first-order valence-electron chi connectivity index (χ1n) is 6.72. The zero-order valence-corrected chi connectivity index (χ0v) is 13.6. The third kappa shape index (κ3) is 3.87. The molecule has 0 radical (unpaired) electrons. The molecule has 1 heterocycles. The minimum absolute atomic E-state index is 0.0562. The van der Waals surface area contributed by atoms with Crippen LogP contribution >= 0.6 is 22.6 Å². The quantitative estimate of drug-likeness (QED) is 0.510. The van der Waals surface area contributed by atoms with Gasteiger partial charge in [0.05, 0.1) is 15.5 Å². The minimum atomic E-state index is -0.256. The van der Waals surface area contributed by atoms with Crippen molar-refractivity contribution < 1.29 is 4.39 Å². The molecule has 0 aliphatic rings. The van der Waals surface area contributed by atoms with Crippen molar-refractivity contribution in [3.63, 3.8) is 0 Å². The smallest absolute Gasteiger partial charge is 0.158 e. The molecule has 2 nitrogen and oxygen atoms in total. The lowest BCUT2D eigenvalue weighted by Crippen LogP contribution is -2.25. The van der Waals surface area contributed by atoms with Crippen LogP contribution < -0.4 is 0 Å². The Hall–Kier alpha value is -0.260. The molecule has 0 saturated carbocycles. The summed E-state index contributed by atoms with van der Waals surface area (Å²) in [4.78, 5) is 0. The van der Waals surface area contributed by atoms with Gasteiger partial charge in [-0.15, -0.1) is 0 Å². The number of nitrogens with zero attached hydrogens (tertiary/aromatic N) is 2. The van der Waals surface area contributed by atoms with Crippen LogP contribution in [-0.2, 0) is 5.41 Å². The number of hydrogen-bond acceptors (Lipinski definition) is 2. The Bertz CT molecular complexity index is 384. The molecule has 4 heteroatoms. The normalized spacial score (nSPS) is 14.5. The molecule has 0 aliphatic carbocycles. The molecule has 1 aromatic heterocycles. The highest BCUT2D eigenvalue weighted by Crippen LogP contribution is 2.34. The second-order valence-corrected chi connectivity index (χ2v) is 6.16. The van der Waals surface area contributed by atoms with E-state index in [4.69, 9.17) is 0 Å². The Morgan fingerprint density at radius 1 is 1.28 bits per heavy atom. The van der Waals surface area contributed by atoms with E-state index in [-0.39, 0.29) is 11.2 Å². The second kappa shape index (κ2) is 7.36. The Labute approximate surface area is 123 Å². The van der Waals surface area contributed by atoms with Crippen molar-refractivity contribution in [2.75, 3.05) is 0 Å². The number of rotatable bonds is 7. The lowest BCUT2D eigenvalue weighted by atomic mass is 9.79. The van der Waals surface area contributed by atoms with Gasteiger partial charge < -0.3 is 0 Å². The average molecular weight is 364 g/mol. The highest BCUT2D eigenvalue weighted by molar-refractivity contribution is 14.1. The average Bonchev–Trinajstić information content (AvgIpc) is 2.37. The van der Waals surface area contributed by atoms with E-state index in [1.54, 1.807) is 0 Å². The third-order valence-corrected chi connectivity index (χ3v) is 4.71. The summed E-state index contributed by atoms with van der Waals surface area (Å²) >= 11 is 2.04. The van der Waals surface area contributed by atoms with E-state index in [9.17, 15) is 4.39 Å². The van der Waals surface area contributed by atoms with Crippen LogP contribution in [0.25, 0.3) is 0 Å². The molecule has 0 fully saturated rings. The molecular formula is C14H22FIN2. The highest BCUT2D eigenvalue weighted by atomic mass is 127. The fourth-order valence-corrected chi connectivity index (χ4v) is 3.04. The number of halogens is 2. The van der Waals surface area contributed by atoms with Crippen molar-refractivity contribution in [2.24, 2.45) is 0 Å². The van der Waals surface area contributed by atoms with Crippen LogP contribution in [0.2, 0.25) is 0 Å². The van der Waals surface area contributed by atoms with Gasteiger partial charge in [-0.1, -0.05) is 46.5 Å². The van der Waals surface area contributed by atoms with Gasteiger partial charge in [0.25, 0.3) is 0 Å². The van der Waals surface area contributed by atoms with Gasteiger partial charge in [-0.2, -0.15) is 10.2 Å². The molecule has 1 rings (SSSR count). The summed E-state index contributed by atoms with van der Waals surface area (Å²) in [5.74, 6) is -0.256. The third-order valence-electron chi connectivity index (χ3n) is 3.68. The van der Waals surface area contributed by atoms with E-state index < -0.39 is 0 Å². The van der Waals surface area contributed by atoms with Crippen LogP contribution in [0.1, 0.15) is 65.0 Å². The van der Waals surface area contributed by atoms with E-state index in [0.717, 1.165) is 18.5 Å². The summed E-state index contributed by atoms with van der Waals surface area (Å²) < 4.78 is 14.2. The predicted molar refractivity (Wildman–Crippen MR) is 81.1 cm³/mol. The van der Waals surface area contributed by atoms with Gasteiger partial charge in [0.15, 0.2) is 5.82 Å². The second-order valence-electron chi connectivity index (χ2n) is 5.08. The molecule has 0 aromatic carbocycles. The van der Waals surface area contributed by atoms with Crippen molar-refractivity contribution in [3.05, 3.63) is 21.3 Å². The van der Waals surface area contributed by atoms with E-state index in [1.807, 2.05) is 22.6 Å². The molecule has 18 heavy (non-hydrogen) atoms. The zero-order valence-electron chi connectivity index (χ0n) is 11.5. The van der Waals surface area contributed by atoms with Crippen LogP contribution in [-0.4, -0.2) is 10.2 Å². The predicted octanol–water partition coefficient (Wildman–Crippen LogP) is 4.86. The molecule has 0 saturated heterocycles. The molecule has 102 valence electrons. The summed E-state index contributed by atoms with van der Waals surface area (Å²) in [6.07, 6.45) is 8.13. The fourth-order valence-electron chi connectivity index (χ4n) is 2.14. The molecule has 0 bridgehead atoms. The van der Waals surface area contributed by atoms with Crippen molar-refractivity contribution in [2.45, 2.75) is 64.7 Å². The van der Waals surface area contributed by atoms with Gasteiger partial charge in [-0.3, -0.25) is 0 Å². The van der Waals surface area contributed by atoms with E-state index in [0.29, 0.717) is 3.57 Å². The fraction of sp³-hybridized carbons (Fsp3) is 0.714. The summed E-state index contributed by atoms with van der Waals surface area (Å²) in [7, 11) is 0. The monoisotopic (exact) mass is 364 g/mol. The zero-order chi connectivity index (χ0) is 13.6. The van der Waals surface area contributed by atoms with E-state index >= 15 is 0 Å². The largest absolute Gasteiger partial charge is 0.204 e. The lowest BCUT2D eigenvalue weighted by molar-refractivity contribution is 0.376. The van der Waals surface area contributed by atoms with Crippen LogP contribution in [0.5, 0.6) is 0 Å². The van der Waals surface area contributed by atoms with Crippen molar-refractivity contribution >= 4 is 22.6 Å². The van der Waals surface area contributed by atoms with Gasteiger partial charge in [-0.05, 0) is 35.4 Å². The topological polar surface area (TPSA) is 25.8 Å². The number of hydrogen-bond donors (Lipinski definition) is 0. The molecule has 0 amide bonds. The van der Waals surface area contributed by atoms with E-state index in [2.05, 4.69) is 31.0 Å². The van der Waals surface area contributed by atoms with Gasteiger partial charge >= 0.3 is 0 Å². The standard InChI is InChI=1S/C14H22FIN2/c1-4-6-7-8-9-14(3,5-2)13-12(16)11(15)10-17-18-13/h10H,4-9H2,1-3H3. The van der Waals surface area contributed by atoms with Crippen molar-refractivity contribution in [1.82, 2.24) is 10.2 Å². The maximum absolute atomic E-state index is 13.6. The maximum atomic E-state index is 13.6. The Morgan fingerprint density at radius 2 is 2.00 bits per heavy atom. The molecule has 1 unspecified atom stereocenters. The summed E-state index contributed by atoms with van der Waals surface area (Å²) in [6.45, 7) is 6.52. The molecule has 0 N–H and O–H groups in total. The first-order valence-corrected chi connectivity index (χ1v) is 7.80. The van der Waals surface area contributed by atoms with Crippen LogP contribution in [0.3, 0.4) is 0 Å². The summed E-state index contributed by atoms with van der Waals surface area (Å²) in [6, 6.07) is 0. The Balaban J connectivity index is 2.82. The van der Waals surface area contributed by atoms with Crippen molar-refractivity contribution in [3.8, 4) is 0 Å². The summed E-state index contributed by atoms with van der Waals surface area (Å²) in [5, 5.41) is 7.96. The highest BCUT2D eigenvalue weighted by Gasteiger charge is 2.29. The van der Waals surface area contributed by atoms with Gasteiger partial charge in [-0.25, -0.2) is 4.39 Å². The first-order chi connectivity index (χ1) is 8.55. The van der Waals surface area contributed by atoms with Gasteiger partial charge in [0, 0.05) is 5.41 Å². The molecular weight excluding hydrogens is 342 g/mol. The minimum Gasteiger partial charge on any atom is -0.204 e. The maximum Gasteiger partial charge on any atom is 0.158 e. The van der Waals surface area contributed by atoms with Gasteiger partial charge in [0.1, 0.15) is 0 Å². The van der Waals surface area contributed by atoms with E-state index in [1.165, 1.54) is 31.9 Å². The number of unbranched alkanes of at least 4 members (excludes halogenated alkanes) is 3. The molecule has 0 spiro atoms. The Morgan fingerprint density at radius 3 is 2.61 bits per heavy atom. The number of aromatic nitrogens is 2. The molecule has 0 aliphatic heterocycles. The SMILES string of the molecule is CCCCCCC(C)(CC)c1nncc(F)c1I. The van der Waals surface area contributed by atoms with Crippen LogP contribution in [0, 0.1) is 9.39 Å². The molecule has 1 atom stereocenters. The first kappa shape index (κ1) is 15.8. The van der Waals surface area contributed by atoms with Crippen LogP contribution in [0.15, 0.2) is 6.20 Å². The summed E-state index contributed by atoms with van der Waals surface area (Å²) in [5.41, 5.74) is 0.765. The Kier molecular flexibility index (Phi) is 6.46. The molecule has 1 aromatic rings. The van der Waals surface area contributed by atoms with Gasteiger partial charge in [0.2, 0.25) is 0 Å². The lowest BCUT2D eigenvalue weighted by Gasteiger charge is -2.28. The van der Waals surface area contributed by atoms with Crippen LogP contribution in [0.4, 0.5) is 4.39 Å². The van der Waals surface area contributed by atoms with Crippen molar-refractivity contribution in [1.29, 1.82) is 0 Å².